The van der Waals surface area contributed by atoms with Crippen LogP contribution in [-0.4, -0.2) is 30.0 Å². The van der Waals surface area contributed by atoms with Crippen molar-refractivity contribution in [2.45, 2.75) is 6.04 Å². The van der Waals surface area contributed by atoms with E-state index in [2.05, 4.69) is 26.2 Å². The molecular weight excluding hydrogens is 387 g/mol. The normalized spacial score (nSPS) is 14.4. The number of carbonyl (C=O) groups excluding carboxylic acids is 1. The summed E-state index contributed by atoms with van der Waals surface area (Å²) in [4.78, 5) is 17.4. The molecule has 2 aromatic rings. The zero-order chi connectivity index (χ0) is 16.6. The quantitative estimate of drug-likeness (QED) is 0.829. The minimum absolute atomic E-state index is 0.0235. The lowest BCUT2D eigenvalue weighted by Crippen LogP contribution is -2.56. The molecule has 1 amide bonds. The molecule has 1 aromatic carbocycles. The molecule has 0 saturated carbocycles. The van der Waals surface area contributed by atoms with Gasteiger partial charge in [-0.1, -0.05) is 27.5 Å². The Labute approximate surface area is 145 Å². The number of hydrogen-bond acceptors (Lipinski definition) is 4. The van der Waals surface area contributed by atoms with Crippen LogP contribution in [0.5, 0.6) is 0 Å². The van der Waals surface area contributed by atoms with Gasteiger partial charge in [0, 0.05) is 17.6 Å². The van der Waals surface area contributed by atoms with Crippen molar-refractivity contribution in [2.24, 2.45) is 5.73 Å². The van der Waals surface area contributed by atoms with Crippen LogP contribution in [0.2, 0.25) is 5.02 Å². The van der Waals surface area contributed by atoms with E-state index in [1.165, 1.54) is 6.20 Å². The predicted molar refractivity (Wildman–Crippen MR) is 90.7 cm³/mol. The van der Waals surface area contributed by atoms with Crippen LogP contribution in [-0.2, 0) is 0 Å². The number of primary amides is 1. The third-order valence-electron chi connectivity index (χ3n) is 3.68. The number of benzene rings is 1. The summed E-state index contributed by atoms with van der Waals surface area (Å²) >= 11 is 9.71. The summed E-state index contributed by atoms with van der Waals surface area (Å²) in [7, 11) is 0. The molecule has 1 aliphatic rings. The summed E-state index contributed by atoms with van der Waals surface area (Å²) in [5.74, 6) is -1.59. The highest BCUT2D eigenvalue weighted by Crippen LogP contribution is 2.38. The predicted octanol–water partition coefficient (Wildman–Crippen LogP) is 2.85. The maximum Gasteiger partial charge on any atom is 0.253 e. The van der Waals surface area contributed by atoms with Crippen molar-refractivity contribution in [3.05, 3.63) is 51.5 Å². The Bertz CT molecular complexity index is 769. The Morgan fingerprint density at radius 1 is 1.39 bits per heavy atom. The number of anilines is 2. The third kappa shape index (κ3) is 3.04. The summed E-state index contributed by atoms with van der Waals surface area (Å²) in [6.07, 6.45) is 2.41. The van der Waals surface area contributed by atoms with Crippen molar-refractivity contribution >= 4 is 44.8 Å². The van der Waals surface area contributed by atoms with E-state index in [4.69, 9.17) is 17.3 Å². The van der Waals surface area contributed by atoms with E-state index in [1.54, 1.807) is 17.0 Å². The van der Waals surface area contributed by atoms with E-state index >= 15 is 0 Å². The van der Waals surface area contributed by atoms with Gasteiger partial charge in [0.25, 0.3) is 5.91 Å². The van der Waals surface area contributed by atoms with Gasteiger partial charge in [0.1, 0.15) is 5.56 Å². The second kappa shape index (κ2) is 6.43. The van der Waals surface area contributed by atoms with Crippen LogP contribution in [0.3, 0.4) is 0 Å². The zero-order valence-electron chi connectivity index (χ0n) is 11.9. The topological polar surface area (TPSA) is 71.2 Å². The minimum Gasteiger partial charge on any atom is -0.365 e. The van der Waals surface area contributed by atoms with Gasteiger partial charge in [0.15, 0.2) is 5.82 Å². The lowest BCUT2D eigenvalue weighted by atomic mass is 10.1. The Kier molecular flexibility index (Phi) is 4.52. The van der Waals surface area contributed by atoms with Gasteiger partial charge in [-0.15, -0.1) is 0 Å². The first-order chi connectivity index (χ1) is 11.0. The Morgan fingerprint density at radius 2 is 2.13 bits per heavy atom. The molecule has 23 heavy (non-hydrogen) atoms. The molecule has 0 atom stereocenters. The number of amides is 1. The summed E-state index contributed by atoms with van der Waals surface area (Å²) in [5, 5.41) is 3.63. The number of nitrogens with two attached hydrogens (primary N) is 1. The molecule has 120 valence electrons. The molecule has 1 aromatic heterocycles. The smallest absolute Gasteiger partial charge is 0.253 e. The van der Waals surface area contributed by atoms with E-state index < -0.39 is 11.7 Å². The standard InChI is InChI=1S/C15H13BrClFN4O/c16-8-1-2-12(10(17)3-8)22(9-4-20-5-9)13-7-21-6-11(18)14(13)15(19)23/h1-3,6-7,9,20H,4-5H2,(H2,19,23). The van der Waals surface area contributed by atoms with Gasteiger partial charge < -0.3 is 16.0 Å². The van der Waals surface area contributed by atoms with Crippen LogP contribution in [0.1, 0.15) is 10.4 Å². The van der Waals surface area contributed by atoms with Crippen molar-refractivity contribution in [1.29, 1.82) is 0 Å². The highest BCUT2D eigenvalue weighted by atomic mass is 79.9. The van der Waals surface area contributed by atoms with E-state index in [9.17, 15) is 9.18 Å². The minimum atomic E-state index is -0.842. The molecule has 2 heterocycles. The van der Waals surface area contributed by atoms with E-state index in [1.807, 2.05) is 6.07 Å². The monoisotopic (exact) mass is 398 g/mol. The molecule has 0 aliphatic carbocycles. The Balaban J connectivity index is 2.18. The van der Waals surface area contributed by atoms with Crippen LogP contribution in [0, 0.1) is 5.82 Å². The van der Waals surface area contributed by atoms with Crippen LogP contribution in [0.25, 0.3) is 0 Å². The second-order valence-corrected chi connectivity index (χ2v) is 6.48. The Morgan fingerprint density at radius 3 is 2.70 bits per heavy atom. The average molecular weight is 400 g/mol. The molecule has 3 N–H and O–H groups in total. The van der Waals surface area contributed by atoms with Gasteiger partial charge in [0.05, 0.1) is 34.8 Å². The number of pyridine rings is 1. The van der Waals surface area contributed by atoms with Gasteiger partial charge in [0.2, 0.25) is 0 Å². The first kappa shape index (κ1) is 16.2. The number of rotatable bonds is 4. The average Bonchev–Trinajstić information content (AvgIpc) is 2.42. The van der Waals surface area contributed by atoms with Crippen LogP contribution in [0.4, 0.5) is 15.8 Å². The van der Waals surface area contributed by atoms with Crippen molar-refractivity contribution in [3.63, 3.8) is 0 Å². The van der Waals surface area contributed by atoms with Crippen molar-refractivity contribution in [2.75, 3.05) is 18.0 Å². The SMILES string of the molecule is NC(=O)c1c(F)cncc1N(c1ccc(Br)cc1Cl)C1CNC1. The van der Waals surface area contributed by atoms with Crippen molar-refractivity contribution in [1.82, 2.24) is 10.3 Å². The lowest BCUT2D eigenvalue weighted by molar-refractivity contribution is 0.0997. The zero-order valence-corrected chi connectivity index (χ0v) is 14.2. The van der Waals surface area contributed by atoms with Crippen LogP contribution < -0.4 is 16.0 Å². The molecule has 3 rings (SSSR count). The fraction of sp³-hybridized carbons (Fsp3) is 0.200. The summed E-state index contributed by atoms with van der Waals surface area (Å²) in [6, 6.07) is 5.40. The van der Waals surface area contributed by atoms with Gasteiger partial charge in [-0.05, 0) is 18.2 Å². The molecule has 8 heteroatoms. The van der Waals surface area contributed by atoms with E-state index in [0.717, 1.165) is 10.7 Å². The number of aromatic nitrogens is 1. The maximum absolute atomic E-state index is 14.1. The fourth-order valence-corrected chi connectivity index (χ4v) is 3.27. The van der Waals surface area contributed by atoms with Crippen molar-refractivity contribution < 1.29 is 9.18 Å². The summed E-state index contributed by atoms with van der Waals surface area (Å²) in [6.45, 7) is 1.36. The third-order valence-corrected chi connectivity index (χ3v) is 4.48. The Hall–Kier alpha value is -1.70. The fourth-order valence-electron chi connectivity index (χ4n) is 2.51. The van der Waals surface area contributed by atoms with Crippen LogP contribution >= 0.6 is 27.5 Å². The molecule has 0 radical (unpaired) electrons. The summed E-state index contributed by atoms with van der Waals surface area (Å²) in [5.41, 5.74) is 6.15. The van der Waals surface area contributed by atoms with Gasteiger partial charge in [-0.25, -0.2) is 4.39 Å². The maximum atomic E-state index is 14.1. The first-order valence-electron chi connectivity index (χ1n) is 6.87. The highest BCUT2D eigenvalue weighted by molar-refractivity contribution is 9.10. The van der Waals surface area contributed by atoms with Crippen LogP contribution in [0.15, 0.2) is 35.1 Å². The van der Waals surface area contributed by atoms with Gasteiger partial charge in [-0.3, -0.25) is 9.78 Å². The lowest BCUT2D eigenvalue weighted by Gasteiger charge is -2.40. The number of nitrogens with zero attached hydrogens (tertiary/aromatic N) is 2. The van der Waals surface area contributed by atoms with Gasteiger partial charge >= 0.3 is 0 Å². The highest BCUT2D eigenvalue weighted by Gasteiger charge is 2.31. The van der Waals surface area contributed by atoms with E-state index in [-0.39, 0.29) is 11.6 Å². The molecule has 1 fully saturated rings. The number of carbonyl (C=O) groups is 1. The molecular formula is C15H13BrClFN4O. The largest absolute Gasteiger partial charge is 0.365 e. The molecule has 5 nitrogen and oxygen atoms in total. The molecule has 1 saturated heterocycles. The first-order valence-corrected chi connectivity index (χ1v) is 8.04. The molecule has 0 bridgehead atoms. The molecule has 0 unspecified atom stereocenters. The molecule has 0 spiro atoms. The van der Waals surface area contributed by atoms with Crippen molar-refractivity contribution in [3.8, 4) is 0 Å². The second-order valence-electron chi connectivity index (χ2n) is 5.16. The number of hydrogen-bond donors (Lipinski definition) is 2. The molecule has 1 aliphatic heterocycles. The van der Waals surface area contributed by atoms with E-state index in [0.29, 0.717) is 29.5 Å². The number of halogens is 3. The van der Waals surface area contributed by atoms with Gasteiger partial charge in [-0.2, -0.15) is 0 Å². The number of nitrogens with one attached hydrogen (secondary N) is 1. The summed E-state index contributed by atoms with van der Waals surface area (Å²) < 4.78 is 14.9.